The van der Waals surface area contributed by atoms with Gasteiger partial charge in [-0.05, 0) is 24.6 Å². The zero-order valence-electron chi connectivity index (χ0n) is 10.9. The van der Waals surface area contributed by atoms with Gasteiger partial charge < -0.3 is 4.74 Å². The molecule has 0 saturated carbocycles. The number of nitrogens with zero attached hydrogens (tertiary/aromatic N) is 2. The lowest BCUT2D eigenvalue weighted by atomic mass is 10.2. The minimum atomic E-state index is -0.421. The Morgan fingerprint density at radius 2 is 2.15 bits per heavy atom. The summed E-state index contributed by atoms with van der Waals surface area (Å²) in [6.45, 7) is 1.72. The average Bonchev–Trinajstić information content (AvgIpc) is 2.81. The van der Waals surface area contributed by atoms with Crippen molar-refractivity contribution in [1.29, 1.82) is 0 Å². The van der Waals surface area contributed by atoms with Crippen molar-refractivity contribution in [2.75, 3.05) is 12.5 Å². The predicted octanol–water partition coefficient (Wildman–Crippen LogP) is 2.82. The van der Waals surface area contributed by atoms with Crippen LogP contribution in [-0.2, 0) is 4.74 Å². The molecule has 104 valence electrons. The summed E-state index contributed by atoms with van der Waals surface area (Å²) in [5, 5.41) is 4.47. The van der Waals surface area contributed by atoms with Crippen LogP contribution in [0.3, 0.4) is 0 Å². The molecule has 2 rings (SSSR count). The predicted molar refractivity (Wildman–Crippen MR) is 75.8 cm³/mol. The smallest absolute Gasteiger partial charge is 0.350 e. The van der Waals surface area contributed by atoms with Gasteiger partial charge in [-0.2, -0.15) is 5.10 Å². The number of hydrazone groups is 1. The highest BCUT2D eigenvalue weighted by atomic mass is 32.1. The maximum Gasteiger partial charge on any atom is 0.350 e. The second-order valence-corrected chi connectivity index (χ2v) is 4.85. The van der Waals surface area contributed by atoms with Gasteiger partial charge in [0, 0.05) is 0 Å². The van der Waals surface area contributed by atoms with Gasteiger partial charge in [0.15, 0.2) is 0 Å². The summed E-state index contributed by atoms with van der Waals surface area (Å²) in [4.78, 5) is 16.0. The molecule has 0 spiro atoms. The maximum absolute atomic E-state index is 12.7. The Hall–Kier alpha value is -2.28. The summed E-state index contributed by atoms with van der Waals surface area (Å²) in [5.74, 6) is -0.719. The lowest BCUT2D eigenvalue weighted by molar-refractivity contribution is 0.0605. The van der Waals surface area contributed by atoms with Crippen molar-refractivity contribution in [3.05, 3.63) is 46.2 Å². The van der Waals surface area contributed by atoms with E-state index in [1.54, 1.807) is 19.1 Å². The molecule has 0 amide bonds. The second-order valence-electron chi connectivity index (χ2n) is 3.85. The molecule has 1 aromatic carbocycles. The quantitative estimate of drug-likeness (QED) is 0.535. The summed E-state index contributed by atoms with van der Waals surface area (Å²) < 4.78 is 17.4. The first-order valence-electron chi connectivity index (χ1n) is 5.70. The van der Waals surface area contributed by atoms with Crippen LogP contribution in [0.1, 0.15) is 20.9 Å². The van der Waals surface area contributed by atoms with Crippen LogP contribution in [0.4, 0.5) is 9.52 Å². The van der Waals surface area contributed by atoms with Crippen molar-refractivity contribution in [2.24, 2.45) is 5.10 Å². The van der Waals surface area contributed by atoms with E-state index in [1.807, 2.05) is 0 Å². The van der Waals surface area contributed by atoms with Crippen LogP contribution in [0.25, 0.3) is 0 Å². The standard InChI is InChI=1S/C13H12FN3O2S/c1-8-11(12(18)19-2)20-13(16-8)17-15-7-9-3-5-10(14)6-4-9/h3-7H,1-2H3,(H,16,17)/b15-7-. The first kappa shape index (κ1) is 14.1. The van der Waals surface area contributed by atoms with Gasteiger partial charge in [0.25, 0.3) is 0 Å². The van der Waals surface area contributed by atoms with Gasteiger partial charge in [0.05, 0.1) is 19.0 Å². The van der Waals surface area contributed by atoms with Gasteiger partial charge in [-0.15, -0.1) is 0 Å². The molecule has 0 aliphatic rings. The Labute approximate surface area is 119 Å². The number of rotatable bonds is 4. The van der Waals surface area contributed by atoms with E-state index in [0.717, 1.165) is 16.9 Å². The van der Waals surface area contributed by atoms with Crippen LogP contribution >= 0.6 is 11.3 Å². The summed E-state index contributed by atoms with van der Waals surface area (Å²) in [6.07, 6.45) is 1.54. The number of aromatic nitrogens is 1. The zero-order chi connectivity index (χ0) is 14.5. The number of ether oxygens (including phenoxy) is 1. The average molecular weight is 293 g/mol. The lowest BCUT2D eigenvalue weighted by Gasteiger charge is -1.94. The Balaban J connectivity index is 2.04. The van der Waals surface area contributed by atoms with Crippen molar-refractivity contribution in [3.8, 4) is 0 Å². The van der Waals surface area contributed by atoms with Gasteiger partial charge in [-0.3, -0.25) is 5.43 Å². The molecule has 7 heteroatoms. The number of carbonyl (C=O) groups is 1. The Kier molecular flexibility index (Phi) is 4.41. The number of nitrogens with one attached hydrogen (secondary N) is 1. The Morgan fingerprint density at radius 3 is 2.80 bits per heavy atom. The molecular formula is C13H12FN3O2S. The van der Waals surface area contributed by atoms with Crippen LogP contribution in [0.2, 0.25) is 0 Å². The number of halogens is 1. The van der Waals surface area contributed by atoms with E-state index in [1.165, 1.54) is 25.5 Å². The molecule has 5 nitrogen and oxygen atoms in total. The molecule has 0 fully saturated rings. The van der Waals surface area contributed by atoms with E-state index >= 15 is 0 Å². The van der Waals surface area contributed by atoms with E-state index in [0.29, 0.717) is 15.7 Å². The van der Waals surface area contributed by atoms with Crippen LogP contribution in [0, 0.1) is 12.7 Å². The largest absolute Gasteiger partial charge is 0.465 e. The molecule has 1 N–H and O–H groups in total. The van der Waals surface area contributed by atoms with Gasteiger partial charge in [0.1, 0.15) is 10.7 Å². The highest BCUT2D eigenvalue weighted by Crippen LogP contribution is 2.23. The third-order valence-electron chi connectivity index (χ3n) is 2.41. The Bertz CT molecular complexity index is 638. The Morgan fingerprint density at radius 1 is 1.45 bits per heavy atom. The first-order valence-corrected chi connectivity index (χ1v) is 6.52. The van der Waals surface area contributed by atoms with Crippen LogP contribution < -0.4 is 5.43 Å². The van der Waals surface area contributed by atoms with Crippen molar-refractivity contribution in [2.45, 2.75) is 6.92 Å². The number of methoxy groups -OCH3 is 1. The third-order valence-corrected chi connectivity index (χ3v) is 3.45. The van der Waals surface area contributed by atoms with E-state index in [-0.39, 0.29) is 5.82 Å². The molecule has 0 saturated heterocycles. The fourth-order valence-corrected chi connectivity index (χ4v) is 2.27. The number of thiazole rings is 1. The van der Waals surface area contributed by atoms with E-state index in [9.17, 15) is 9.18 Å². The van der Waals surface area contributed by atoms with E-state index in [2.05, 4.69) is 20.2 Å². The summed E-state index contributed by atoms with van der Waals surface area (Å²) in [7, 11) is 1.32. The van der Waals surface area contributed by atoms with Crippen molar-refractivity contribution >= 4 is 28.7 Å². The number of hydrogen-bond acceptors (Lipinski definition) is 6. The molecule has 0 aliphatic carbocycles. The SMILES string of the molecule is COC(=O)c1sc(N/N=C\c2ccc(F)cc2)nc1C. The van der Waals surface area contributed by atoms with Gasteiger partial charge >= 0.3 is 5.97 Å². The van der Waals surface area contributed by atoms with Gasteiger partial charge in [-0.1, -0.05) is 23.5 Å². The summed E-state index contributed by atoms with van der Waals surface area (Å²) in [6, 6.07) is 5.91. The van der Waals surface area contributed by atoms with Crippen LogP contribution in [-0.4, -0.2) is 24.3 Å². The van der Waals surface area contributed by atoms with Crippen molar-refractivity contribution in [3.63, 3.8) is 0 Å². The number of esters is 1. The molecule has 0 unspecified atom stereocenters. The fourth-order valence-electron chi connectivity index (χ4n) is 1.44. The van der Waals surface area contributed by atoms with Crippen LogP contribution in [0.5, 0.6) is 0 Å². The monoisotopic (exact) mass is 293 g/mol. The molecule has 0 atom stereocenters. The molecule has 0 bridgehead atoms. The molecule has 2 aromatic rings. The molecular weight excluding hydrogens is 281 g/mol. The number of aryl methyl sites for hydroxylation is 1. The minimum absolute atomic E-state index is 0.298. The fraction of sp³-hybridized carbons (Fsp3) is 0.154. The second kappa shape index (κ2) is 6.25. The van der Waals surface area contributed by atoms with Gasteiger partial charge in [-0.25, -0.2) is 14.2 Å². The highest BCUT2D eigenvalue weighted by Gasteiger charge is 2.15. The number of carbonyl (C=O) groups excluding carboxylic acids is 1. The number of hydrogen-bond donors (Lipinski definition) is 1. The lowest BCUT2D eigenvalue weighted by Crippen LogP contribution is -1.99. The molecule has 0 radical (unpaired) electrons. The van der Waals surface area contributed by atoms with E-state index < -0.39 is 5.97 Å². The maximum atomic E-state index is 12.7. The molecule has 1 heterocycles. The van der Waals surface area contributed by atoms with Crippen LogP contribution in [0.15, 0.2) is 29.4 Å². The first-order chi connectivity index (χ1) is 9.60. The van der Waals surface area contributed by atoms with Gasteiger partial charge in [0.2, 0.25) is 5.13 Å². The summed E-state index contributed by atoms with van der Waals surface area (Å²) >= 11 is 1.16. The minimum Gasteiger partial charge on any atom is -0.465 e. The van der Waals surface area contributed by atoms with Crippen molar-refractivity contribution in [1.82, 2.24) is 4.98 Å². The zero-order valence-corrected chi connectivity index (χ0v) is 11.7. The topological polar surface area (TPSA) is 63.6 Å². The molecule has 0 aliphatic heterocycles. The summed E-state index contributed by atoms with van der Waals surface area (Å²) in [5.41, 5.74) is 4.06. The normalized spacial score (nSPS) is 10.8. The van der Waals surface area contributed by atoms with Crippen molar-refractivity contribution < 1.29 is 13.9 Å². The number of benzene rings is 1. The third kappa shape index (κ3) is 3.39. The van der Waals surface area contributed by atoms with E-state index in [4.69, 9.17) is 0 Å². The molecule has 20 heavy (non-hydrogen) atoms. The number of anilines is 1. The molecule has 1 aromatic heterocycles. The highest BCUT2D eigenvalue weighted by molar-refractivity contribution is 7.17.